The van der Waals surface area contributed by atoms with Gasteiger partial charge in [-0.25, -0.2) is 4.79 Å². The minimum Gasteiger partial charge on any atom is -0.467 e. The third-order valence-electron chi connectivity index (χ3n) is 5.22. The van der Waals surface area contributed by atoms with Crippen LogP contribution in [0.1, 0.15) is 25.0 Å². The Morgan fingerprint density at radius 1 is 1.00 bits per heavy atom. The van der Waals surface area contributed by atoms with Crippen molar-refractivity contribution in [1.82, 2.24) is 4.90 Å². The molecule has 2 aromatic carbocycles. The summed E-state index contributed by atoms with van der Waals surface area (Å²) in [6.45, 7) is 3.30. The van der Waals surface area contributed by atoms with E-state index < -0.39 is 35.9 Å². The fourth-order valence-electron chi connectivity index (χ4n) is 3.72. The number of benzene rings is 2. The number of aliphatic hydroxyl groups excluding tert-OH is 1. The average Bonchev–Trinajstić information content (AvgIpc) is 3.12. The van der Waals surface area contributed by atoms with Gasteiger partial charge in [0.05, 0.1) is 19.8 Å². The van der Waals surface area contributed by atoms with Crippen LogP contribution in [-0.4, -0.2) is 59.6 Å². The van der Waals surface area contributed by atoms with Crippen LogP contribution in [0.15, 0.2) is 60.7 Å². The second kappa shape index (κ2) is 10.0. The molecule has 0 saturated carbocycles. The van der Waals surface area contributed by atoms with Crippen LogP contribution in [-0.2, 0) is 36.8 Å². The molecule has 3 rings (SSSR count). The number of aliphatic hydroxyl groups is 1. The quantitative estimate of drug-likeness (QED) is 0.651. The number of esters is 1. The molecule has 31 heavy (non-hydrogen) atoms. The normalized spacial score (nSPS) is 20.8. The summed E-state index contributed by atoms with van der Waals surface area (Å²) >= 11 is 0. The molecule has 0 radical (unpaired) electrons. The average molecular weight is 427 g/mol. The van der Waals surface area contributed by atoms with Gasteiger partial charge >= 0.3 is 5.97 Å². The Hall–Kier alpha value is -2.74. The number of amides is 1. The third kappa shape index (κ3) is 5.70. The first-order valence-corrected chi connectivity index (χ1v) is 10.3. The van der Waals surface area contributed by atoms with Gasteiger partial charge in [-0.2, -0.15) is 0 Å². The summed E-state index contributed by atoms with van der Waals surface area (Å²) in [5, 5.41) is 10.2. The van der Waals surface area contributed by atoms with E-state index >= 15 is 0 Å². The molecular weight excluding hydrogens is 398 g/mol. The molecule has 7 heteroatoms. The van der Waals surface area contributed by atoms with E-state index in [2.05, 4.69) is 0 Å². The standard InChI is InChI=1S/C24H29NO6/c1-24(2)30-20(21(31-24)23(28)29-3)22(27)25(15-18-12-8-5-9-13-18)19(16-26)14-17-10-6-4-7-11-17/h4-13,19-21,26H,14-16H2,1-3H3/t19-,20-,21-/m1/s1. The van der Waals surface area contributed by atoms with E-state index in [9.17, 15) is 14.7 Å². The summed E-state index contributed by atoms with van der Waals surface area (Å²) in [5.74, 6) is -2.22. The van der Waals surface area contributed by atoms with Crippen LogP contribution in [0.2, 0.25) is 0 Å². The Balaban J connectivity index is 1.92. The van der Waals surface area contributed by atoms with E-state index in [0.29, 0.717) is 6.42 Å². The first-order valence-electron chi connectivity index (χ1n) is 10.3. The van der Waals surface area contributed by atoms with Crippen molar-refractivity contribution in [2.75, 3.05) is 13.7 Å². The van der Waals surface area contributed by atoms with Crippen molar-refractivity contribution in [3.05, 3.63) is 71.8 Å². The number of carbonyl (C=O) groups is 2. The predicted molar refractivity (Wildman–Crippen MR) is 114 cm³/mol. The predicted octanol–water partition coefficient (Wildman–Crippen LogP) is 2.31. The van der Waals surface area contributed by atoms with Gasteiger partial charge in [-0.3, -0.25) is 4.79 Å². The molecule has 3 atom stereocenters. The molecule has 166 valence electrons. The highest BCUT2D eigenvalue weighted by Crippen LogP contribution is 2.31. The van der Waals surface area contributed by atoms with Gasteiger partial charge in [-0.1, -0.05) is 60.7 Å². The molecular formula is C24H29NO6. The summed E-state index contributed by atoms with van der Waals surface area (Å²) in [6.07, 6.45) is -1.90. The molecule has 1 fully saturated rings. The molecule has 0 spiro atoms. The van der Waals surface area contributed by atoms with Gasteiger partial charge in [-0.05, 0) is 31.4 Å². The fraction of sp³-hybridized carbons (Fsp3) is 0.417. The third-order valence-corrected chi connectivity index (χ3v) is 5.22. The maximum Gasteiger partial charge on any atom is 0.338 e. The molecule has 1 saturated heterocycles. The topological polar surface area (TPSA) is 85.3 Å². The number of hydrogen-bond acceptors (Lipinski definition) is 6. The number of ether oxygens (including phenoxy) is 3. The minimum absolute atomic E-state index is 0.243. The molecule has 7 nitrogen and oxygen atoms in total. The molecule has 0 unspecified atom stereocenters. The molecule has 1 N–H and O–H groups in total. The number of carbonyl (C=O) groups excluding carboxylic acids is 2. The van der Waals surface area contributed by atoms with E-state index in [0.717, 1.165) is 11.1 Å². The molecule has 1 aliphatic rings. The zero-order valence-corrected chi connectivity index (χ0v) is 18.1. The number of hydrogen-bond donors (Lipinski definition) is 1. The second-order valence-electron chi connectivity index (χ2n) is 7.98. The van der Waals surface area contributed by atoms with Crippen molar-refractivity contribution in [2.24, 2.45) is 0 Å². The van der Waals surface area contributed by atoms with Gasteiger partial charge in [0.2, 0.25) is 0 Å². The van der Waals surface area contributed by atoms with Gasteiger partial charge in [0.1, 0.15) is 0 Å². The van der Waals surface area contributed by atoms with E-state index in [1.165, 1.54) is 7.11 Å². The highest BCUT2D eigenvalue weighted by atomic mass is 16.8. The number of nitrogens with zero attached hydrogens (tertiary/aromatic N) is 1. The van der Waals surface area contributed by atoms with E-state index in [1.807, 2.05) is 60.7 Å². The summed E-state index contributed by atoms with van der Waals surface area (Å²) in [7, 11) is 1.24. The van der Waals surface area contributed by atoms with Crippen LogP contribution in [0.5, 0.6) is 0 Å². The van der Waals surface area contributed by atoms with Crippen LogP contribution in [0.4, 0.5) is 0 Å². The van der Waals surface area contributed by atoms with Crippen molar-refractivity contribution in [3.63, 3.8) is 0 Å². The lowest BCUT2D eigenvalue weighted by Gasteiger charge is -2.33. The fourth-order valence-corrected chi connectivity index (χ4v) is 3.72. The lowest BCUT2D eigenvalue weighted by molar-refractivity contribution is -0.170. The summed E-state index contributed by atoms with van der Waals surface area (Å²) in [6, 6.07) is 18.6. The lowest BCUT2D eigenvalue weighted by Crippen LogP contribution is -2.51. The first-order chi connectivity index (χ1) is 14.8. The minimum atomic E-state index is -1.18. The van der Waals surface area contributed by atoms with Gasteiger partial charge in [0, 0.05) is 6.54 Å². The van der Waals surface area contributed by atoms with Crippen molar-refractivity contribution >= 4 is 11.9 Å². The van der Waals surface area contributed by atoms with Crippen LogP contribution in [0, 0.1) is 0 Å². The van der Waals surface area contributed by atoms with Crippen molar-refractivity contribution in [3.8, 4) is 0 Å². The summed E-state index contributed by atoms with van der Waals surface area (Å²) in [5.41, 5.74) is 1.89. The Kier molecular flexibility index (Phi) is 7.43. The molecule has 0 aliphatic carbocycles. The monoisotopic (exact) mass is 427 g/mol. The molecule has 1 aliphatic heterocycles. The zero-order chi connectivity index (χ0) is 22.4. The first kappa shape index (κ1) is 22.9. The van der Waals surface area contributed by atoms with Crippen LogP contribution >= 0.6 is 0 Å². The van der Waals surface area contributed by atoms with Gasteiger partial charge in [0.15, 0.2) is 18.0 Å². The van der Waals surface area contributed by atoms with Crippen molar-refractivity contribution in [1.29, 1.82) is 0 Å². The maximum atomic E-state index is 13.7. The summed E-state index contributed by atoms with van der Waals surface area (Å²) in [4.78, 5) is 27.5. The van der Waals surface area contributed by atoms with Crippen molar-refractivity contribution < 1.29 is 28.9 Å². The smallest absolute Gasteiger partial charge is 0.338 e. The van der Waals surface area contributed by atoms with E-state index in [1.54, 1.807) is 18.7 Å². The lowest BCUT2D eigenvalue weighted by atomic mass is 10.0. The van der Waals surface area contributed by atoms with Crippen LogP contribution < -0.4 is 0 Å². The largest absolute Gasteiger partial charge is 0.467 e. The second-order valence-corrected chi connectivity index (χ2v) is 7.98. The van der Waals surface area contributed by atoms with Gasteiger partial charge in [0.25, 0.3) is 5.91 Å². The van der Waals surface area contributed by atoms with E-state index in [4.69, 9.17) is 14.2 Å². The SMILES string of the molecule is COC(=O)[C@@H]1OC(C)(C)O[C@H]1C(=O)N(Cc1ccccc1)[C@@H](CO)Cc1ccccc1. The number of methoxy groups -OCH3 is 1. The Morgan fingerprint density at radius 3 is 2.10 bits per heavy atom. The molecule has 2 aromatic rings. The highest BCUT2D eigenvalue weighted by Gasteiger charge is 2.51. The summed E-state index contributed by atoms with van der Waals surface area (Å²) < 4.78 is 16.3. The molecule has 0 bridgehead atoms. The van der Waals surface area contributed by atoms with Gasteiger partial charge in [-0.15, -0.1) is 0 Å². The molecule has 0 aromatic heterocycles. The molecule has 1 heterocycles. The number of rotatable bonds is 8. The Morgan fingerprint density at radius 2 is 1.55 bits per heavy atom. The maximum absolute atomic E-state index is 13.7. The zero-order valence-electron chi connectivity index (χ0n) is 18.1. The Labute approximate surface area is 182 Å². The molecule has 1 amide bonds. The van der Waals surface area contributed by atoms with Crippen LogP contribution in [0.3, 0.4) is 0 Å². The van der Waals surface area contributed by atoms with E-state index in [-0.39, 0.29) is 13.2 Å². The van der Waals surface area contributed by atoms with Crippen molar-refractivity contribution in [2.45, 2.75) is 50.8 Å². The highest BCUT2D eigenvalue weighted by molar-refractivity contribution is 5.89. The van der Waals surface area contributed by atoms with Crippen LogP contribution in [0.25, 0.3) is 0 Å². The Bertz CT molecular complexity index is 870. The van der Waals surface area contributed by atoms with Gasteiger partial charge < -0.3 is 24.2 Å².